The number of rotatable bonds is 5. The fraction of sp³-hybridized carbons (Fsp3) is 0.381. The fourth-order valence-corrected chi connectivity index (χ4v) is 4.92. The van der Waals surface area contributed by atoms with Gasteiger partial charge in [0.15, 0.2) is 0 Å². The Hall–Kier alpha value is -2.51. The van der Waals surface area contributed by atoms with Gasteiger partial charge in [0.1, 0.15) is 10.8 Å². The Kier molecular flexibility index (Phi) is 5.28. The predicted molar refractivity (Wildman–Crippen MR) is 107 cm³/mol. The van der Waals surface area contributed by atoms with Crippen LogP contribution in [-0.4, -0.2) is 21.2 Å². The first kappa shape index (κ1) is 18.8. The molecular weight excluding hydrogens is 374 g/mol. The van der Waals surface area contributed by atoms with Crippen molar-refractivity contribution in [1.29, 1.82) is 0 Å². The molecule has 0 spiro atoms. The number of aromatic nitrogens is 2. The molecule has 1 amide bonds. The highest BCUT2D eigenvalue weighted by molar-refractivity contribution is 7.15. The summed E-state index contributed by atoms with van der Waals surface area (Å²) in [5.41, 5.74) is 4.69. The molecule has 1 atom stereocenters. The minimum atomic E-state index is -0.0619. The van der Waals surface area contributed by atoms with E-state index in [4.69, 9.17) is 9.51 Å². The smallest absolute Gasteiger partial charge is 0.223 e. The molecule has 0 aliphatic heterocycles. The number of amides is 1. The van der Waals surface area contributed by atoms with Crippen LogP contribution in [0, 0.1) is 19.8 Å². The van der Waals surface area contributed by atoms with Gasteiger partial charge < -0.3 is 14.9 Å². The van der Waals surface area contributed by atoms with E-state index in [0.29, 0.717) is 13.0 Å². The summed E-state index contributed by atoms with van der Waals surface area (Å²) in [6.45, 7) is 4.30. The molecule has 2 heterocycles. The topological polar surface area (TPSA) is 88.2 Å². The van der Waals surface area contributed by atoms with Crippen LogP contribution in [0.1, 0.15) is 39.6 Å². The molecule has 2 aromatic heterocycles. The standard InChI is InChI=1S/C21H23N3O3S/c1-12-19(13(2)27-24-12)21-23-17-9-16(6-7-18(17)28-21)20(26)22-10-14-4-3-5-15(8-14)11-25/h3-5,8,16,25H,6-7,9-11H2,1-2H3,(H,22,26). The van der Waals surface area contributed by atoms with Gasteiger partial charge in [-0.05, 0) is 37.8 Å². The molecule has 6 nitrogen and oxygen atoms in total. The molecule has 4 rings (SSSR count). The third-order valence-electron chi connectivity index (χ3n) is 5.20. The largest absolute Gasteiger partial charge is 0.392 e. The van der Waals surface area contributed by atoms with Crippen LogP contribution in [0.5, 0.6) is 0 Å². The number of thiazole rings is 1. The van der Waals surface area contributed by atoms with E-state index in [1.54, 1.807) is 11.3 Å². The van der Waals surface area contributed by atoms with Gasteiger partial charge in [0.25, 0.3) is 0 Å². The number of benzene rings is 1. The third-order valence-corrected chi connectivity index (χ3v) is 6.37. The number of carbonyl (C=O) groups excluding carboxylic acids is 1. The predicted octanol–water partition coefficient (Wildman–Crippen LogP) is 3.33. The van der Waals surface area contributed by atoms with Crippen molar-refractivity contribution >= 4 is 17.2 Å². The van der Waals surface area contributed by atoms with E-state index in [-0.39, 0.29) is 18.4 Å². The number of nitrogens with zero attached hydrogens (tertiary/aromatic N) is 2. The van der Waals surface area contributed by atoms with Gasteiger partial charge in [0.05, 0.1) is 23.6 Å². The first-order valence-electron chi connectivity index (χ1n) is 9.43. The number of aliphatic hydroxyl groups excluding tert-OH is 1. The molecular formula is C21H23N3O3S. The highest BCUT2D eigenvalue weighted by atomic mass is 32.1. The molecule has 1 unspecified atom stereocenters. The fourth-order valence-electron chi connectivity index (χ4n) is 3.67. The maximum atomic E-state index is 12.7. The molecule has 0 radical (unpaired) electrons. The molecule has 0 bridgehead atoms. The number of hydrogen-bond acceptors (Lipinski definition) is 6. The average Bonchev–Trinajstić information content (AvgIpc) is 3.27. The minimum absolute atomic E-state index is 0.00444. The number of carbonyl (C=O) groups is 1. The number of aryl methyl sites for hydroxylation is 3. The molecule has 28 heavy (non-hydrogen) atoms. The van der Waals surface area contributed by atoms with Crippen molar-refractivity contribution in [3.05, 3.63) is 57.4 Å². The molecule has 7 heteroatoms. The summed E-state index contributed by atoms with van der Waals surface area (Å²) in [5.74, 6) is 0.781. The van der Waals surface area contributed by atoms with Crippen LogP contribution in [0.2, 0.25) is 0 Å². The Morgan fingerprint density at radius 3 is 2.93 bits per heavy atom. The van der Waals surface area contributed by atoms with Gasteiger partial charge >= 0.3 is 0 Å². The van der Waals surface area contributed by atoms with Gasteiger partial charge in [-0.2, -0.15) is 0 Å². The van der Waals surface area contributed by atoms with Gasteiger partial charge in [-0.3, -0.25) is 4.79 Å². The van der Waals surface area contributed by atoms with Crippen molar-refractivity contribution in [3.63, 3.8) is 0 Å². The normalized spacial score (nSPS) is 16.0. The van der Waals surface area contributed by atoms with E-state index in [0.717, 1.165) is 51.7 Å². The van der Waals surface area contributed by atoms with Crippen LogP contribution in [0.3, 0.4) is 0 Å². The molecule has 0 fully saturated rings. The molecule has 0 saturated carbocycles. The average molecular weight is 398 g/mol. The Bertz CT molecular complexity index is 989. The van der Waals surface area contributed by atoms with Crippen LogP contribution in [-0.2, 0) is 30.8 Å². The molecule has 3 aromatic rings. The van der Waals surface area contributed by atoms with E-state index in [9.17, 15) is 9.90 Å². The summed E-state index contributed by atoms with van der Waals surface area (Å²) >= 11 is 1.68. The lowest BCUT2D eigenvalue weighted by Gasteiger charge is -2.20. The third kappa shape index (κ3) is 3.72. The number of fused-ring (bicyclic) bond motifs is 1. The lowest BCUT2D eigenvalue weighted by atomic mass is 9.90. The highest BCUT2D eigenvalue weighted by Crippen LogP contribution is 2.37. The van der Waals surface area contributed by atoms with Gasteiger partial charge in [-0.1, -0.05) is 29.4 Å². The van der Waals surface area contributed by atoms with Gasteiger partial charge in [0, 0.05) is 23.8 Å². The van der Waals surface area contributed by atoms with Crippen LogP contribution >= 0.6 is 11.3 Å². The Morgan fingerprint density at radius 1 is 1.36 bits per heavy atom. The molecule has 2 N–H and O–H groups in total. The molecule has 1 aliphatic carbocycles. The lowest BCUT2D eigenvalue weighted by Crippen LogP contribution is -2.33. The van der Waals surface area contributed by atoms with Crippen LogP contribution in [0.4, 0.5) is 0 Å². The lowest BCUT2D eigenvalue weighted by molar-refractivity contribution is -0.125. The first-order valence-corrected chi connectivity index (χ1v) is 10.2. The van der Waals surface area contributed by atoms with Crippen molar-refractivity contribution in [2.45, 2.75) is 46.3 Å². The number of nitrogens with one attached hydrogen (secondary N) is 1. The van der Waals surface area contributed by atoms with Crippen molar-refractivity contribution in [3.8, 4) is 10.6 Å². The van der Waals surface area contributed by atoms with E-state index >= 15 is 0 Å². The van der Waals surface area contributed by atoms with Crippen LogP contribution in [0.15, 0.2) is 28.8 Å². The SMILES string of the molecule is Cc1noc(C)c1-c1nc2c(s1)CCC(C(=O)NCc1cccc(CO)c1)C2. The zero-order chi connectivity index (χ0) is 19.7. The second kappa shape index (κ2) is 7.85. The zero-order valence-electron chi connectivity index (χ0n) is 16.0. The molecule has 0 saturated heterocycles. The monoisotopic (exact) mass is 397 g/mol. The summed E-state index contributed by atoms with van der Waals surface area (Å²) in [4.78, 5) is 18.7. The van der Waals surface area contributed by atoms with Crippen molar-refractivity contribution in [2.24, 2.45) is 5.92 Å². The van der Waals surface area contributed by atoms with Gasteiger partial charge in [-0.25, -0.2) is 4.98 Å². The summed E-state index contributed by atoms with van der Waals surface area (Å²) in [7, 11) is 0. The van der Waals surface area contributed by atoms with Crippen LogP contribution < -0.4 is 5.32 Å². The second-order valence-electron chi connectivity index (χ2n) is 7.22. The highest BCUT2D eigenvalue weighted by Gasteiger charge is 2.28. The summed E-state index contributed by atoms with van der Waals surface area (Å²) < 4.78 is 5.27. The van der Waals surface area contributed by atoms with Gasteiger partial charge in [-0.15, -0.1) is 11.3 Å². The summed E-state index contributed by atoms with van der Waals surface area (Å²) in [6, 6.07) is 7.63. The number of hydrogen-bond donors (Lipinski definition) is 2. The quantitative estimate of drug-likeness (QED) is 0.689. The molecule has 1 aliphatic rings. The summed E-state index contributed by atoms with van der Waals surface area (Å²) in [5, 5.41) is 17.2. The van der Waals surface area contributed by atoms with Crippen LogP contribution in [0.25, 0.3) is 10.6 Å². The van der Waals surface area contributed by atoms with E-state index in [1.165, 1.54) is 4.88 Å². The van der Waals surface area contributed by atoms with Crippen molar-refractivity contribution < 1.29 is 14.4 Å². The Morgan fingerprint density at radius 2 is 2.18 bits per heavy atom. The van der Waals surface area contributed by atoms with E-state index in [1.807, 2.05) is 38.1 Å². The summed E-state index contributed by atoms with van der Waals surface area (Å²) in [6.07, 6.45) is 2.37. The number of aliphatic hydroxyl groups is 1. The maximum Gasteiger partial charge on any atom is 0.223 e. The van der Waals surface area contributed by atoms with Crippen molar-refractivity contribution in [1.82, 2.24) is 15.5 Å². The second-order valence-corrected chi connectivity index (χ2v) is 8.31. The first-order chi connectivity index (χ1) is 13.5. The zero-order valence-corrected chi connectivity index (χ0v) is 16.8. The minimum Gasteiger partial charge on any atom is -0.392 e. The molecule has 1 aromatic carbocycles. The molecule has 146 valence electrons. The Labute approximate surface area is 167 Å². The Balaban J connectivity index is 1.43. The maximum absolute atomic E-state index is 12.7. The van der Waals surface area contributed by atoms with Crippen molar-refractivity contribution in [2.75, 3.05) is 0 Å². The van der Waals surface area contributed by atoms with E-state index in [2.05, 4.69) is 10.5 Å². The van der Waals surface area contributed by atoms with E-state index < -0.39 is 0 Å². The van der Waals surface area contributed by atoms with Gasteiger partial charge in [0.2, 0.25) is 5.91 Å².